The van der Waals surface area contributed by atoms with E-state index in [-0.39, 0.29) is 5.69 Å². The SMILES string of the molecule is CC(C)Cc1nccnc1C(=O)O. The van der Waals surface area contributed by atoms with E-state index in [4.69, 9.17) is 5.11 Å². The van der Waals surface area contributed by atoms with Gasteiger partial charge in [0, 0.05) is 12.4 Å². The highest BCUT2D eigenvalue weighted by atomic mass is 16.4. The average Bonchev–Trinajstić information content (AvgIpc) is 2.03. The lowest BCUT2D eigenvalue weighted by Crippen LogP contribution is -2.09. The Hall–Kier alpha value is -1.45. The van der Waals surface area contributed by atoms with Gasteiger partial charge in [0.1, 0.15) is 0 Å². The van der Waals surface area contributed by atoms with Crippen molar-refractivity contribution in [2.24, 2.45) is 5.92 Å². The summed E-state index contributed by atoms with van der Waals surface area (Å²) in [7, 11) is 0. The van der Waals surface area contributed by atoms with E-state index in [1.165, 1.54) is 12.4 Å². The Morgan fingerprint density at radius 3 is 2.62 bits per heavy atom. The minimum absolute atomic E-state index is 0.0659. The number of carbonyl (C=O) groups is 1. The second-order valence-electron chi connectivity index (χ2n) is 3.25. The number of aromatic nitrogens is 2. The summed E-state index contributed by atoms with van der Waals surface area (Å²) in [6, 6.07) is 0. The van der Waals surface area contributed by atoms with E-state index >= 15 is 0 Å². The van der Waals surface area contributed by atoms with Gasteiger partial charge in [-0.3, -0.25) is 4.98 Å². The molecule has 13 heavy (non-hydrogen) atoms. The highest BCUT2D eigenvalue weighted by Crippen LogP contribution is 2.08. The molecule has 0 atom stereocenters. The van der Waals surface area contributed by atoms with Crippen LogP contribution in [0.15, 0.2) is 12.4 Å². The fraction of sp³-hybridized carbons (Fsp3) is 0.444. The summed E-state index contributed by atoms with van der Waals surface area (Å²) < 4.78 is 0. The lowest BCUT2D eigenvalue weighted by Gasteiger charge is -2.05. The molecule has 1 aromatic rings. The number of nitrogens with zero attached hydrogens (tertiary/aromatic N) is 2. The van der Waals surface area contributed by atoms with Crippen molar-refractivity contribution >= 4 is 5.97 Å². The normalized spacial score (nSPS) is 10.4. The molecule has 0 saturated carbocycles. The summed E-state index contributed by atoms with van der Waals surface area (Å²) in [5.41, 5.74) is 0.626. The lowest BCUT2D eigenvalue weighted by atomic mass is 10.1. The van der Waals surface area contributed by atoms with Gasteiger partial charge in [0.15, 0.2) is 5.69 Å². The van der Waals surface area contributed by atoms with Gasteiger partial charge in [-0.2, -0.15) is 0 Å². The van der Waals surface area contributed by atoms with Crippen molar-refractivity contribution in [1.29, 1.82) is 0 Å². The molecule has 0 unspecified atom stereocenters. The van der Waals surface area contributed by atoms with E-state index in [1.54, 1.807) is 0 Å². The standard InChI is InChI=1S/C9H12N2O2/c1-6(2)5-7-8(9(12)13)11-4-3-10-7/h3-4,6H,5H2,1-2H3,(H,12,13). The second-order valence-corrected chi connectivity index (χ2v) is 3.25. The largest absolute Gasteiger partial charge is 0.476 e. The van der Waals surface area contributed by atoms with Crippen LogP contribution in [0.25, 0.3) is 0 Å². The maximum Gasteiger partial charge on any atom is 0.356 e. The van der Waals surface area contributed by atoms with E-state index < -0.39 is 5.97 Å². The Balaban J connectivity index is 2.98. The van der Waals surface area contributed by atoms with Crippen molar-refractivity contribution in [3.63, 3.8) is 0 Å². The molecule has 4 nitrogen and oxygen atoms in total. The van der Waals surface area contributed by atoms with Gasteiger partial charge >= 0.3 is 5.97 Å². The van der Waals surface area contributed by atoms with Crippen LogP contribution >= 0.6 is 0 Å². The van der Waals surface area contributed by atoms with Crippen molar-refractivity contribution in [3.05, 3.63) is 23.8 Å². The van der Waals surface area contributed by atoms with E-state index in [1.807, 2.05) is 13.8 Å². The Morgan fingerprint density at radius 1 is 1.46 bits per heavy atom. The van der Waals surface area contributed by atoms with Crippen LogP contribution in [-0.4, -0.2) is 21.0 Å². The van der Waals surface area contributed by atoms with Crippen LogP contribution < -0.4 is 0 Å². The highest BCUT2D eigenvalue weighted by molar-refractivity contribution is 5.86. The molecule has 70 valence electrons. The van der Waals surface area contributed by atoms with Gasteiger partial charge in [-0.25, -0.2) is 9.78 Å². The van der Waals surface area contributed by atoms with E-state index in [9.17, 15) is 4.79 Å². The number of hydrogen-bond donors (Lipinski definition) is 1. The minimum Gasteiger partial charge on any atom is -0.476 e. The monoisotopic (exact) mass is 180 g/mol. The van der Waals surface area contributed by atoms with Gasteiger partial charge in [0.05, 0.1) is 5.69 Å². The Labute approximate surface area is 76.7 Å². The number of aromatic carboxylic acids is 1. The fourth-order valence-electron chi connectivity index (χ4n) is 1.08. The maximum absolute atomic E-state index is 10.7. The van der Waals surface area contributed by atoms with E-state index in [2.05, 4.69) is 9.97 Å². The van der Waals surface area contributed by atoms with Crippen molar-refractivity contribution in [2.75, 3.05) is 0 Å². The first-order chi connectivity index (χ1) is 6.11. The first-order valence-corrected chi connectivity index (χ1v) is 4.14. The Bertz CT molecular complexity index is 310. The second kappa shape index (κ2) is 3.98. The van der Waals surface area contributed by atoms with Crippen molar-refractivity contribution < 1.29 is 9.90 Å². The number of rotatable bonds is 3. The lowest BCUT2D eigenvalue weighted by molar-refractivity contribution is 0.0688. The summed E-state index contributed by atoms with van der Waals surface area (Å²) in [5, 5.41) is 8.78. The molecular formula is C9H12N2O2. The third-order valence-corrected chi connectivity index (χ3v) is 1.58. The van der Waals surface area contributed by atoms with Crippen LogP contribution in [0, 0.1) is 5.92 Å². The van der Waals surface area contributed by atoms with Crippen molar-refractivity contribution in [2.45, 2.75) is 20.3 Å². The molecule has 0 aliphatic carbocycles. The van der Waals surface area contributed by atoms with Crippen molar-refractivity contribution in [3.8, 4) is 0 Å². The van der Waals surface area contributed by atoms with Crippen LogP contribution in [0.3, 0.4) is 0 Å². The number of carboxylic acid groups (broad SMARTS) is 1. The molecule has 0 amide bonds. The molecule has 0 aliphatic rings. The van der Waals surface area contributed by atoms with Crippen LogP contribution in [0.1, 0.15) is 30.0 Å². The molecule has 0 radical (unpaired) electrons. The molecule has 1 N–H and O–H groups in total. The average molecular weight is 180 g/mol. The zero-order valence-electron chi connectivity index (χ0n) is 7.69. The Morgan fingerprint density at radius 2 is 2.08 bits per heavy atom. The zero-order chi connectivity index (χ0) is 9.84. The van der Waals surface area contributed by atoms with E-state index in [0.29, 0.717) is 18.0 Å². The Kier molecular flexibility index (Phi) is 2.95. The van der Waals surface area contributed by atoms with Gasteiger partial charge in [0.25, 0.3) is 0 Å². The maximum atomic E-state index is 10.7. The molecule has 0 fully saturated rings. The van der Waals surface area contributed by atoms with Crippen LogP contribution in [-0.2, 0) is 6.42 Å². The topological polar surface area (TPSA) is 63.1 Å². The summed E-state index contributed by atoms with van der Waals surface area (Å²) in [4.78, 5) is 18.5. The van der Waals surface area contributed by atoms with Gasteiger partial charge in [-0.1, -0.05) is 13.8 Å². The zero-order valence-corrected chi connectivity index (χ0v) is 7.69. The molecule has 0 bridgehead atoms. The molecule has 4 heteroatoms. The molecule has 0 saturated heterocycles. The number of carboxylic acids is 1. The molecule has 1 rings (SSSR count). The highest BCUT2D eigenvalue weighted by Gasteiger charge is 2.12. The summed E-state index contributed by atoms with van der Waals surface area (Å²) in [6.07, 6.45) is 3.56. The molecule has 0 spiro atoms. The molecule has 1 heterocycles. The van der Waals surface area contributed by atoms with Gasteiger partial charge < -0.3 is 5.11 Å². The molecule has 0 aliphatic heterocycles. The third kappa shape index (κ3) is 2.50. The predicted octanol–water partition coefficient (Wildman–Crippen LogP) is 1.37. The van der Waals surface area contributed by atoms with Gasteiger partial charge in [-0.05, 0) is 12.3 Å². The van der Waals surface area contributed by atoms with Gasteiger partial charge in [-0.15, -0.1) is 0 Å². The molecular weight excluding hydrogens is 168 g/mol. The smallest absolute Gasteiger partial charge is 0.356 e. The fourth-order valence-corrected chi connectivity index (χ4v) is 1.08. The van der Waals surface area contributed by atoms with Gasteiger partial charge in [0.2, 0.25) is 0 Å². The van der Waals surface area contributed by atoms with Crippen LogP contribution in [0.5, 0.6) is 0 Å². The third-order valence-electron chi connectivity index (χ3n) is 1.58. The van der Waals surface area contributed by atoms with Crippen LogP contribution in [0.4, 0.5) is 0 Å². The number of hydrogen-bond acceptors (Lipinski definition) is 3. The first-order valence-electron chi connectivity index (χ1n) is 4.14. The summed E-state index contributed by atoms with van der Waals surface area (Å²) in [5.74, 6) is -0.626. The predicted molar refractivity (Wildman–Crippen MR) is 47.5 cm³/mol. The molecule has 0 aromatic carbocycles. The quantitative estimate of drug-likeness (QED) is 0.763. The van der Waals surface area contributed by atoms with Crippen LogP contribution in [0.2, 0.25) is 0 Å². The van der Waals surface area contributed by atoms with E-state index in [0.717, 1.165) is 0 Å². The minimum atomic E-state index is -1.01. The molecule has 1 aromatic heterocycles. The van der Waals surface area contributed by atoms with Crippen molar-refractivity contribution in [1.82, 2.24) is 9.97 Å². The summed E-state index contributed by atoms with van der Waals surface area (Å²) in [6.45, 7) is 4.03. The first kappa shape index (κ1) is 9.64. The summed E-state index contributed by atoms with van der Waals surface area (Å²) >= 11 is 0.